The molecule has 17 heavy (non-hydrogen) atoms. The van der Waals surface area contributed by atoms with E-state index < -0.39 is 0 Å². The van der Waals surface area contributed by atoms with Crippen molar-refractivity contribution in [2.45, 2.75) is 52.8 Å². The van der Waals surface area contributed by atoms with Gasteiger partial charge in [-0.05, 0) is 20.3 Å². The third-order valence-electron chi connectivity index (χ3n) is 3.90. The van der Waals surface area contributed by atoms with Crippen LogP contribution in [-0.2, 0) is 11.3 Å². The predicted octanol–water partition coefficient (Wildman–Crippen LogP) is 2.74. The van der Waals surface area contributed by atoms with Gasteiger partial charge in [-0.2, -0.15) is 0 Å². The molecule has 1 fully saturated rings. The number of hydrogen-bond donors (Lipinski definition) is 1. The Balaban J connectivity index is 1.84. The van der Waals surface area contributed by atoms with Gasteiger partial charge in [-0.25, -0.2) is 4.98 Å². The van der Waals surface area contributed by atoms with E-state index in [1.165, 1.54) is 4.88 Å². The largest absolute Gasteiger partial charge is 0.378 e. The molecular formula is C13H22N2OS. The standard InChI is InChI=1S/C13H22N2OS/c1-5-16-12-6-11(13(12,3)4)14-7-10-9(2)15-8-17-10/h8,11-12,14H,5-7H2,1-4H3. The zero-order valence-corrected chi connectivity index (χ0v) is 11.9. The second-order valence-corrected chi connectivity index (χ2v) is 6.23. The summed E-state index contributed by atoms with van der Waals surface area (Å²) < 4.78 is 5.73. The summed E-state index contributed by atoms with van der Waals surface area (Å²) in [6, 6.07) is 0.556. The lowest BCUT2D eigenvalue weighted by Gasteiger charge is -2.51. The molecule has 4 heteroatoms. The Hall–Kier alpha value is -0.450. The molecule has 96 valence electrons. The zero-order valence-electron chi connectivity index (χ0n) is 11.1. The minimum absolute atomic E-state index is 0.245. The lowest BCUT2D eigenvalue weighted by Crippen LogP contribution is -2.60. The first-order chi connectivity index (χ1) is 8.05. The maximum absolute atomic E-state index is 5.73. The number of ether oxygens (including phenoxy) is 1. The van der Waals surface area contributed by atoms with Crippen molar-refractivity contribution < 1.29 is 4.74 Å². The average molecular weight is 254 g/mol. The Labute approximate surface area is 108 Å². The molecule has 0 radical (unpaired) electrons. The van der Waals surface area contributed by atoms with Crippen molar-refractivity contribution in [1.82, 2.24) is 10.3 Å². The lowest BCUT2D eigenvalue weighted by molar-refractivity contribution is -0.114. The number of nitrogens with one attached hydrogen (secondary N) is 1. The van der Waals surface area contributed by atoms with Gasteiger partial charge < -0.3 is 10.1 Å². The van der Waals surface area contributed by atoms with Crippen LogP contribution in [0.15, 0.2) is 5.51 Å². The topological polar surface area (TPSA) is 34.1 Å². The van der Waals surface area contributed by atoms with Crippen LogP contribution >= 0.6 is 11.3 Å². The molecular weight excluding hydrogens is 232 g/mol. The third kappa shape index (κ3) is 2.54. The molecule has 0 spiro atoms. The Morgan fingerprint density at radius 2 is 2.35 bits per heavy atom. The highest BCUT2D eigenvalue weighted by atomic mass is 32.1. The number of nitrogens with zero attached hydrogens (tertiary/aromatic N) is 1. The molecule has 1 aliphatic rings. The van der Waals surface area contributed by atoms with Gasteiger partial charge in [0.25, 0.3) is 0 Å². The minimum Gasteiger partial charge on any atom is -0.378 e. The van der Waals surface area contributed by atoms with Gasteiger partial charge in [0, 0.05) is 29.5 Å². The lowest BCUT2D eigenvalue weighted by atomic mass is 9.64. The van der Waals surface area contributed by atoms with Gasteiger partial charge in [-0.1, -0.05) is 13.8 Å². The Morgan fingerprint density at radius 1 is 1.59 bits per heavy atom. The van der Waals surface area contributed by atoms with Crippen LogP contribution in [0.1, 0.15) is 37.8 Å². The molecule has 1 aromatic heterocycles. The second kappa shape index (κ2) is 5.04. The van der Waals surface area contributed by atoms with Crippen LogP contribution in [0.5, 0.6) is 0 Å². The van der Waals surface area contributed by atoms with E-state index in [4.69, 9.17) is 4.74 Å². The highest BCUT2D eigenvalue weighted by molar-refractivity contribution is 7.09. The van der Waals surface area contributed by atoms with E-state index in [1.54, 1.807) is 11.3 Å². The molecule has 0 bridgehead atoms. The smallest absolute Gasteiger partial charge is 0.0798 e. The first-order valence-electron chi connectivity index (χ1n) is 6.29. The van der Waals surface area contributed by atoms with Crippen molar-refractivity contribution in [3.8, 4) is 0 Å². The van der Waals surface area contributed by atoms with Crippen LogP contribution in [0, 0.1) is 12.3 Å². The Kier molecular flexibility index (Phi) is 3.85. The molecule has 2 unspecified atom stereocenters. The Bertz CT molecular complexity index is 375. The summed E-state index contributed by atoms with van der Waals surface area (Å²) in [5.74, 6) is 0. The normalized spacial score (nSPS) is 26.8. The molecule has 2 atom stereocenters. The predicted molar refractivity (Wildman–Crippen MR) is 71.3 cm³/mol. The molecule has 2 rings (SSSR count). The van der Waals surface area contributed by atoms with Gasteiger partial charge >= 0.3 is 0 Å². The molecule has 0 aromatic carbocycles. The van der Waals surface area contributed by atoms with E-state index >= 15 is 0 Å². The molecule has 1 N–H and O–H groups in total. The van der Waals surface area contributed by atoms with Gasteiger partial charge in [0.05, 0.1) is 17.3 Å². The summed E-state index contributed by atoms with van der Waals surface area (Å²) >= 11 is 1.73. The molecule has 1 aromatic rings. The van der Waals surface area contributed by atoms with Crippen molar-refractivity contribution in [1.29, 1.82) is 0 Å². The van der Waals surface area contributed by atoms with Crippen molar-refractivity contribution in [3.63, 3.8) is 0 Å². The van der Waals surface area contributed by atoms with Crippen molar-refractivity contribution >= 4 is 11.3 Å². The fraction of sp³-hybridized carbons (Fsp3) is 0.769. The molecule has 0 amide bonds. The first kappa shape index (κ1) is 13.0. The number of aromatic nitrogens is 1. The minimum atomic E-state index is 0.245. The molecule has 0 saturated heterocycles. The van der Waals surface area contributed by atoms with Gasteiger partial charge in [0.15, 0.2) is 0 Å². The van der Waals surface area contributed by atoms with Crippen LogP contribution in [-0.4, -0.2) is 23.7 Å². The first-order valence-corrected chi connectivity index (χ1v) is 7.17. The van der Waals surface area contributed by atoms with E-state index in [2.05, 4.69) is 38.0 Å². The molecule has 3 nitrogen and oxygen atoms in total. The fourth-order valence-corrected chi connectivity index (χ4v) is 3.16. The molecule has 0 aliphatic heterocycles. The third-order valence-corrected chi connectivity index (χ3v) is 4.83. The summed E-state index contributed by atoms with van der Waals surface area (Å²) in [6.07, 6.45) is 1.53. The highest BCUT2D eigenvalue weighted by Crippen LogP contribution is 2.42. The maximum atomic E-state index is 5.73. The van der Waals surface area contributed by atoms with Crippen LogP contribution < -0.4 is 5.32 Å². The van der Waals surface area contributed by atoms with E-state index in [9.17, 15) is 0 Å². The van der Waals surface area contributed by atoms with Crippen LogP contribution in [0.25, 0.3) is 0 Å². The van der Waals surface area contributed by atoms with Crippen LogP contribution in [0.4, 0.5) is 0 Å². The van der Waals surface area contributed by atoms with Crippen molar-refractivity contribution in [2.75, 3.05) is 6.61 Å². The number of rotatable bonds is 5. The molecule has 1 heterocycles. The summed E-state index contributed by atoms with van der Waals surface area (Å²) in [5, 5.41) is 3.63. The monoisotopic (exact) mass is 254 g/mol. The van der Waals surface area contributed by atoms with E-state index in [0.29, 0.717) is 12.1 Å². The Morgan fingerprint density at radius 3 is 2.88 bits per heavy atom. The number of thiazole rings is 1. The molecule has 1 aliphatic carbocycles. The average Bonchev–Trinajstić information content (AvgIpc) is 2.68. The summed E-state index contributed by atoms with van der Waals surface area (Å²) in [6.45, 7) is 10.5. The van der Waals surface area contributed by atoms with E-state index in [-0.39, 0.29) is 5.41 Å². The summed E-state index contributed by atoms with van der Waals surface area (Å²) in [7, 11) is 0. The maximum Gasteiger partial charge on any atom is 0.0798 e. The fourth-order valence-electron chi connectivity index (χ4n) is 2.43. The summed E-state index contributed by atoms with van der Waals surface area (Å²) in [4.78, 5) is 5.62. The van der Waals surface area contributed by atoms with Crippen molar-refractivity contribution in [3.05, 3.63) is 16.1 Å². The summed E-state index contributed by atoms with van der Waals surface area (Å²) in [5.41, 5.74) is 3.32. The SMILES string of the molecule is CCOC1CC(NCc2scnc2C)C1(C)C. The van der Waals surface area contributed by atoms with Crippen molar-refractivity contribution in [2.24, 2.45) is 5.41 Å². The highest BCUT2D eigenvalue weighted by Gasteiger charge is 2.48. The van der Waals surface area contributed by atoms with Gasteiger partial charge in [0.1, 0.15) is 0 Å². The second-order valence-electron chi connectivity index (χ2n) is 5.30. The van der Waals surface area contributed by atoms with Gasteiger partial charge in [-0.15, -0.1) is 11.3 Å². The van der Waals surface area contributed by atoms with Crippen LogP contribution in [0.2, 0.25) is 0 Å². The zero-order chi connectivity index (χ0) is 12.5. The van der Waals surface area contributed by atoms with E-state index in [1.807, 2.05) is 5.51 Å². The van der Waals surface area contributed by atoms with Gasteiger partial charge in [-0.3, -0.25) is 0 Å². The van der Waals surface area contributed by atoms with E-state index in [0.717, 1.165) is 25.3 Å². The number of hydrogen-bond acceptors (Lipinski definition) is 4. The van der Waals surface area contributed by atoms with Gasteiger partial charge in [0.2, 0.25) is 0 Å². The van der Waals surface area contributed by atoms with Crippen LogP contribution in [0.3, 0.4) is 0 Å². The molecule has 1 saturated carbocycles. The quantitative estimate of drug-likeness (QED) is 0.877. The number of aryl methyl sites for hydroxylation is 1.